The molecular weight excluding hydrogens is 160 g/mol. The summed E-state index contributed by atoms with van der Waals surface area (Å²) in [5, 5.41) is 8.74. The third-order valence-corrected chi connectivity index (χ3v) is 3.44. The average molecular weight is 180 g/mol. The maximum Gasteiger partial charge on any atom is 0.0625 e. The summed E-state index contributed by atoms with van der Waals surface area (Å²) in [5.41, 5.74) is 0.362. The zero-order chi connectivity index (χ0) is 9.90. The number of hydrogen-bond donors (Lipinski definition) is 0. The molecule has 0 aromatic heterocycles. The second-order valence-corrected chi connectivity index (χ2v) is 4.69. The van der Waals surface area contributed by atoms with E-state index in [-0.39, 0.29) is 0 Å². The van der Waals surface area contributed by atoms with Gasteiger partial charge in [0, 0.05) is 13.0 Å². The SMILES string of the molecule is CCN1CCC(C)(C)C(CC#N)C1. The lowest BCUT2D eigenvalue weighted by molar-refractivity contribution is 0.0663. The van der Waals surface area contributed by atoms with E-state index in [0.29, 0.717) is 17.8 Å². The summed E-state index contributed by atoms with van der Waals surface area (Å²) in [5.74, 6) is 0.561. The van der Waals surface area contributed by atoms with Crippen LogP contribution in [0.5, 0.6) is 0 Å². The number of hydrogen-bond acceptors (Lipinski definition) is 2. The van der Waals surface area contributed by atoms with Crippen molar-refractivity contribution in [3.8, 4) is 6.07 Å². The van der Waals surface area contributed by atoms with E-state index in [2.05, 4.69) is 31.7 Å². The molecule has 0 bridgehead atoms. The average Bonchev–Trinajstić information content (AvgIpc) is 2.09. The van der Waals surface area contributed by atoms with Crippen LogP contribution < -0.4 is 0 Å². The van der Waals surface area contributed by atoms with Gasteiger partial charge in [0.2, 0.25) is 0 Å². The third kappa shape index (κ3) is 2.45. The van der Waals surface area contributed by atoms with Gasteiger partial charge in [-0.2, -0.15) is 5.26 Å². The maximum atomic E-state index is 8.74. The first-order valence-corrected chi connectivity index (χ1v) is 5.19. The fraction of sp³-hybridized carbons (Fsp3) is 0.909. The molecule has 0 amide bonds. The van der Waals surface area contributed by atoms with E-state index in [1.165, 1.54) is 13.0 Å². The molecule has 13 heavy (non-hydrogen) atoms. The van der Waals surface area contributed by atoms with Crippen molar-refractivity contribution in [1.82, 2.24) is 4.90 Å². The van der Waals surface area contributed by atoms with Gasteiger partial charge in [-0.25, -0.2) is 0 Å². The smallest absolute Gasteiger partial charge is 0.0625 e. The summed E-state index contributed by atoms with van der Waals surface area (Å²) in [6, 6.07) is 2.31. The minimum Gasteiger partial charge on any atom is -0.303 e. The first kappa shape index (κ1) is 10.5. The summed E-state index contributed by atoms with van der Waals surface area (Å²) >= 11 is 0. The van der Waals surface area contributed by atoms with Crippen molar-refractivity contribution in [2.75, 3.05) is 19.6 Å². The van der Waals surface area contributed by atoms with Gasteiger partial charge in [-0.15, -0.1) is 0 Å². The van der Waals surface area contributed by atoms with Crippen LogP contribution >= 0.6 is 0 Å². The van der Waals surface area contributed by atoms with Crippen LogP contribution in [0.1, 0.15) is 33.6 Å². The molecule has 2 nitrogen and oxygen atoms in total. The summed E-state index contributed by atoms with van der Waals surface area (Å²) < 4.78 is 0. The highest BCUT2D eigenvalue weighted by molar-refractivity contribution is 4.91. The van der Waals surface area contributed by atoms with Crippen LogP contribution in [0.2, 0.25) is 0 Å². The van der Waals surface area contributed by atoms with Gasteiger partial charge in [-0.05, 0) is 30.8 Å². The maximum absolute atomic E-state index is 8.74. The van der Waals surface area contributed by atoms with Crippen molar-refractivity contribution in [2.45, 2.75) is 33.6 Å². The predicted molar refractivity (Wildman–Crippen MR) is 54.2 cm³/mol. The highest BCUT2D eigenvalue weighted by Crippen LogP contribution is 2.37. The standard InChI is InChI=1S/C11H20N2/c1-4-13-8-6-11(2,3)10(9-13)5-7-12/h10H,4-6,8-9H2,1-3H3. The van der Waals surface area contributed by atoms with E-state index < -0.39 is 0 Å². The van der Waals surface area contributed by atoms with Gasteiger partial charge < -0.3 is 4.90 Å². The molecule has 1 unspecified atom stereocenters. The van der Waals surface area contributed by atoms with Gasteiger partial charge in [-0.1, -0.05) is 20.8 Å². The molecule has 0 N–H and O–H groups in total. The zero-order valence-electron chi connectivity index (χ0n) is 9.01. The van der Waals surface area contributed by atoms with Crippen molar-refractivity contribution < 1.29 is 0 Å². The second kappa shape index (κ2) is 4.11. The molecule has 1 aliphatic rings. The van der Waals surface area contributed by atoms with Crippen molar-refractivity contribution in [3.63, 3.8) is 0 Å². The van der Waals surface area contributed by atoms with Crippen LogP contribution in [-0.4, -0.2) is 24.5 Å². The molecule has 0 aliphatic carbocycles. The Balaban J connectivity index is 2.59. The molecule has 0 aromatic carbocycles. The third-order valence-electron chi connectivity index (χ3n) is 3.44. The van der Waals surface area contributed by atoms with Crippen LogP contribution in [0.25, 0.3) is 0 Å². The summed E-state index contributed by atoms with van der Waals surface area (Å²) in [6.07, 6.45) is 1.94. The Morgan fingerprint density at radius 3 is 2.77 bits per heavy atom. The highest BCUT2D eigenvalue weighted by atomic mass is 15.1. The van der Waals surface area contributed by atoms with Crippen molar-refractivity contribution in [2.24, 2.45) is 11.3 Å². The number of piperidine rings is 1. The minimum atomic E-state index is 0.362. The van der Waals surface area contributed by atoms with Crippen LogP contribution in [0.4, 0.5) is 0 Å². The molecule has 74 valence electrons. The molecule has 1 aliphatic heterocycles. The van der Waals surface area contributed by atoms with E-state index in [0.717, 1.165) is 13.1 Å². The Labute approximate surface area is 81.5 Å². The molecule has 0 saturated carbocycles. The lowest BCUT2D eigenvalue weighted by Crippen LogP contribution is -2.44. The van der Waals surface area contributed by atoms with Crippen molar-refractivity contribution >= 4 is 0 Å². The Hall–Kier alpha value is -0.550. The fourth-order valence-corrected chi connectivity index (χ4v) is 2.04. The van der Waals surface area contributed by atoms with Gasteiger partial charge >= 0.3 is 0 Å². The lowest BCUT2D eigenvalue weighted by atomic mass is 9.72. The number of rotatable bonds is 2. The van der Waals surface area contributed by atoms with E-state index in [4.69, 9.17) is 5.26 Å². The number of likely N-dealkylation sites (tertiary alicyclic amines) is 1. The second-order valence-electron chi connectivity index (χ2n) is 4.69. The fourth-order valence-electron chi connectivity index (χ4n) is 2.04. The Morgan fingerprint density at radius 1 is 1.54 bits per heavy atom. The molecular formula is C11H20N2. The molecule has 1 rings (SSSR count). The molecule has 1 heterocycles. The van der Waals surface area contributed by atoms with Crippen LogP contribution in [0, 0.1) is 22.7 Å². The summed E-state index contributed by atoms with van der Waals surface area (Å²) in [4.78, 5) is 2.45. The van der Waals surface area contributed by atoms with Crippen LogP contribution in [0.3, 0.4) is 0 Å². The van der Waals surface area contributed by atoms with Gasteiger partial charge in [0.15, 0.2) is 0 Å². The molecule has 0 aromatic rings. The first-order chi connectivity index (χ1) is 6.10. The number of nitrogens with zero attached hydrogens (tertiary/aromatic N) is 2. The van der Waals surface area contributed by atoms with E-state index >= 15 is 0 Å². The Morgan fingerprint density at radius 2 is 2.23 bits per heavy atom. The molecule has 0 radical (unpaired) electrons. The van der Waals surface area contributed by atoms with Crippen molar-refractivity contribution in [1.29, 1.82) is 5.26 Å². The summed E-state index contributed by atoms with van der Waals surface area (Å²) in [7, 11) is 0. The van der Waals surface area contributed by atoms with E-state index in [1.807, 2.05) is 0 Å². The topological polar surface area (TPSA) is 27.0 Å². The Kier molecular flexibility index (Phi) is 3.33. The largest absolute Gasteiger partial charge is 0.303 e. The predicted octanol–water partition coefficient (Wildman–Crippen LogP) is 2.27. The van der Waals surface area contributed by atoms with Gasteiger partial charge in [0.25, 0.3) is 0 Å². The molecule has 1 saturated heterocycles. The Bertz CT molecular complexity index is 203. The monoisotopic (exact) mass is 180 g/mol. The lowest BCUT2D eigenvalue weighted by Gasteiger charge is -2.42. The highest BCUT2D eigenvalue weighted by Gasteiger charge is 2.34. The van der Waals surface area contributed by atoms with Crippen LogP contribution in [0.15, 0.2) is 0 Å². The van der Waals surface area contributed by atoms with Crippen LogP contribution in [-0.2, 0) is 0 Å². The van der Waals surface area contributed by atoms with Gasteiger partial charge in [0.05, 0.1) is 6.07 Å². The number of nitriles is 1. The van der Waals surface area contributed by atoms with Crippen molar-refractivity contribution in [3.05, 3.63) is 0 Å². The minimum absolute atomic E-state index is 0.362. The molecule has 0 spiro atoms. The van der Waals surface area contributed by atoms with E-state index in [1.54, 1.807) is 0 Å². The summed E-state index contributed by atoms with van der Waals surface area (Å²) in [6.45, 7) is 10.2. The first-order valence-electron chi connectivity index (χ1n) is 5.19. The van der Waals surface area contributed by atoms with Gasteiger partial charge in [0.1, 0.15) is 0 Å². The molecule has 1 fully saturated rings. The molecule has 1 atom stereocenters. The zero-order valence-corrected chi connectivity index (χ0v) is 9.01. The van der Waals surface area contributed by atoms with E-state index in [9.17, 15) is 0 Å². The van der Waals surface area contributed by atoms with Gasteiger partial charge in [-0.3, -0.25) is 0 Å². The molecule has 2 heteroatoms. The quantitative estimate of drug-likeness (QED) is 0.652. The normalized spacial score (nSPS) is 28.3.